The molecule has 1 aromatic rings. The zero-order valence-corrected chi connectivity index (χ0v) is 12.6. The molecule has 1 N–H and O–H groups in total. The van der Waals surface area contributed by atoms with E-state index in [1.165, 1.54) is 18.2 Å². The molecular formula is C14H19ClN2O3. The minimum absolute atomic E-state index is 0.0313. The van der Waals surface area contributed by atoms with Gasteiger partial charge in [0.1, 0.15) is 0 Å². The van der Waals surface area contributed by atoms with E-state index in [1.807, 2.05) is 6.92 Å². The number of nitrogens with one attached hydrogen (secondary N) is 1. The fourth-order valence-electron chi connectivity index (χ4n) is 2.20. The Kier molecular flexibility index (Phi) is 5.95. The van der Waals surface area contributed by atoms with Crippen molar-refractivity contribution in [1.82, 2.24) is 5.32 Å². The van der Waals surface area contributed by atoms with Crippen LogP contribution in [0.1, 0.15) is 44.0 Å². The first-order chi connectivity index (χ1) is 9.40. The number of nitro benzene ring substituents is 1. The summed E-state index contributed by atoms with van der Waals surface area (Å²) in [5.74, 6) is 0.0973. The van der Waals surface area contributed by atoms with Gasteiger partial charge in [0.25, 0.3) is 11.6 Å². The topological polar surface area (TPSA) is 72.2 Å². The van der Waals surface area contributed by atoms with Crippen LogP contribution < -0.4 is 5.32 Å². The highest BCUT2D eigenvalue weighted by Gasteiger charge is 2.19. The molecule has 20 heavy (non-hydrogen) atoms. The Hall–Kier alpha value is -1.62. The molecule has 6 heteroatoms. The van der Waals surface area contributed by atoms with Gasteiger partial charge in [-0.25, -0.2) is 0 Å². The van der Waals surface area contributed by atoms with Gasteiger partial charge in [0.2, 0.25) is 0 Å². The van der Waals surface area contributed by atoms with Crippen molar-refractivity contribution in [2.24, 2.45) is 5.92 Å². The molecule has 0 saturated heterocycles. The summed E-state index contributed by atoms with van der Waals surface area (Å²) in [6.45, 7) is 6.11. The summed E-state index contributed by atoms with van der Waals surface area (Å²) < 4.78 is 0. The highest BCUT2D eigenvalue weighted by Crippen LogP contribution is 2.23. The zero-order valence-electron chi connectivity index (χ0n) is 11.9. The number of nitrogens with zero attached hydrogens (tertiary/aromatic N) is 1. The molecule has 1 atom stereocenters. The maximum atomic E-state index is 12.1. The monoisotopic (exact) mass is 298 g/mol. The van der Waals surface area contributed by atoms with Gasteiger partial charge in [-0.15, -0.1) is 0 Å². The Bertz CT molecular complexity index is 501. The SMILES string of the molecule is CCC(CC)C(C)NC(=O)c1ccc([N+](=O)[O-])cc1Cl. The predicted molar refractivity (Wildman–Crippen MR) is 79.1 cm³/mol. The summed E-state index contributed by atoms with van der Waals surface area (Å²) in [6, 6.07) is 3.89. The molecule has 1 rings (SSSR count). The highest BCUT2D eigenvalue weighted by atomic mass is 35.5. The molecular weight excluding hydrogens is 280 g/mol. The van der Waals surface area contributed by atoms with Gasteiger partial charge in [0, 0.05) is 18.2 Å². The van der Waals surface area contributed by atoms with Crippen LogP contribution in [0.4, 0.5) is 5.69 Å². The molecule has 0 radical (unpaired) electrons. The molecule has 0 aliphatic rings. The third-order valence-electron chi connectivity index (χ3n) is 3.52. The van der Waals surface area contributed by atoms with Crippen molar-refractivity contribution < 1.29 is 9.72 Å². The molecule has 110 valence electrons. The van der Waals surface area contributed by atoms with E-state index in [9.17, 15) is 14.9 Å². The van der Waals surface area contributed by atoms with Gasteiger partial charge >= 0.3 is 0 Å². The number of carbonyl (C=O) groups excluding carboxylic acids is 1. The van der Waals surface area contributed by atoms with Crippen molar-refractivity contribution in [2.75, 3.05) is 0 Å². The minimum Gasteiger partial charge on any atom is -0.349 e. The molecule has 0 saturated carbocycles. The molecule has 0 aliphatic carbocycles. The van der Waals surface area contributed by atoms with Crippen molar-refractivity contribution in [1.29, 1.82) is 0 Å². The molecule has 0 aromatic heterocycles. The smallest absolute Gasteiger partial charge is 0.270 e. The number of rotatable bonds is 6. The molecule has 5 nitrogen and oxygen atoms in total. The lowest BCUT2D eigenvalue weighted by atomic mass is 9.95. The van der Waals surface area contributed by atoms with Gasteiger partial charge in [-0.3, -0.25) is 14.9 Å². The van der Waals surface area contributed by atoms with E-state index in [4.69, 9.17) is 11.6 Å². The molecule has 0 bridgehead atoms. The molecule has 1 aromatic carbocycles. The van der Waals surface area contributed by atoms with Crippen LogP contribution in [0, 0.1) is 16.0 Å². The van der Waals surface area contributed by atoms with Crippen LogP contribution in [0.25, 0.3) is 0 Å². The third kappa shape index (κ3) is 3.93. The Morgan fingerprint density at radius 2 is 2.00 bits per heavy atom. The van der Waals surface area contributed by atoms with Crippen molar-refractivity contribution in [3.63, 3.8) is 0 Å². The maximum absolute atomic E-state index is 12.1. The number of carbonyl (C=O) groups is 1. The molecule has 0 fully saturated rings. The molecule has 0 aliphatic heterocycles. The first kappa shape index (κ1) is 16.4. The lowest BCUT2D eigenvalue weighted by Crippen LogP contribution is -2.37. The number of hydrogen-bond acceptors (Lipinski definition) is 3. The lowest BCUT2D eigenvalue weighted by Gasteiger charge is -2.22. The first-order valence-corrected chi connectivity index (χ1v) is 7.03. The standard InChI is InChI=1S/C14H19ClN2O3/c1-4-10(5-2)9(3)16-14(18)12-7-6-11(17(19)20)8-13(12)15/h6-10H,4-5H2,1-3H3,(H,16,18). The number of benzene rings is 1. The largest absolute Gasteiger partial charge is 0.349 e. The Morgan fingerprint density at radius 1 is 1.40 bits per heavy atom. The first-order valence-electron chi connectivity index (χ1n) is 6.65. The van der Waals surface area contributed by atoms with Gasteiger partial charge in [-0.05, 0) is 18.9 Å². The van der Waals surface area contributed by atoms with E-state index in [0.717, 1.165) is 12.8 Å². The number of hydrogen-bond donors (Lipinski definition) is 1. The highest BCUT2D eigenvalue weighted by molar-refractivity contribution is 6.34. The molecule has 0 spiro atoms. The molecule has 1 unspecified atom stereocenters. The van der Waals surface area contributed by atoms with Crippen LogP contribution >= 0.6 is 11.6 Å². The van der Waals surface area contributed by atoms with Crippen molar-refractivity contribution in [3.8, 4) is 0 Å². The fourth-order valence-corrected chi connectivity index (χ4v) is 2.46. The molecule has 1 amide bonds. The Morgan fingerprint density at radius 3 is 2.45 bits per heavy atom. The summed E-state index contributed by atoms with van der Waals surface area (Å²) in [6.07, 6.45) is 1.96. The van der Waals surface area contributed by atoms with Crippen LogP contribution in [-0.4, -0.2) is 16.9 Å². The Labute approximate surface area is 123 Å². The second-order valence-electron chi connectivity index (χ2n) is 4.76. The van der Waals surface area contributed by atoms with E-state index in [-0.39, 0.29) is 28.2 Å². The third-order valence-corrected chi connectivity index (χ3v) is 3.84. The Balaban J connectivity index is 2.85. The van der Waals surface area contributed by atoms with E-state index >= 15 is 0 Å². The van der Waals surface area contributed by atoms with Crippen LogP contribution in [0.5, 0.6) is 0 Å². The molecule has 0 heterocycles. The van der Waals surface area contributed by atoms with Gasteiger partial charge in [-0.1, -0.05) is 38.3 Å². The number of halogens is 1. The summed E-state index contributed by atoms with van der Waals surface area (Å²) in [5, 5.41) is 13.6. The number of nitro groups is 1. The van der Waals surface area contributed by atoms with E-state index < -0.39 is 4.92 Å². The quantitative estimate of drug-likeness (QED) is 0.641. The van der Waals surface area contributed by atoms with Crippen molar-refractivity contribution in [3.05, 3.63) is 38.9 Å². The van der Waals surface area contributed by atoms with Crippen LogP contribution in [0.2, 0.25) is 5.02 Å². The van der Waals surface area contributed by atoms with Gasteiger partial charge in [0.15, 0.2) is 0 Å². The minimum atomic E-state index is -0.541. The average molecular weight is 299 g/mol. The average Bonchev–Trinajstić information content (AvgIpc) is 2.39. The van der Waals surface area contributed by atoms with Crippen molar-refractivity contribution >= 4 is 23.2 Å². The van der Waals surface area contributed by atoms with Gasteiger partial charge < -0.3 is 5.32 Å². The number of non-ortho nitro benzene ring substituents is 1. The maximum Gasteiger partial charge on any atom is 0.270 e. The van der Waals surface area contributed by atoms with E-state index in [2.05, 4.69) is 19.2 Å². The predicted octanol–water partition coefficient (Wildman–Crippen LogP) is 3.80. The number of amides is 1. The zero-order chi connectivity index (χ0) is 15.3. The lowest BCUT2D eigenvalue weighted by molar-refractivity contribution is -0.384. The summed E-state index contributed by atoms with van der Waals surface area (Å²) in [5.41, 5.74) is 0.134. The second kappa shape index (κ2) is 7.24. The van der Waals surface area contributed by atoms with E-state index in [0.29, 0.717) is 5.92 Å². The van der Waals surface area contributed by atoms with E-state index in [1.54, 1.807) is 0 Å². The van der Waals surface area contributed by atoms with Gasteiger partial charge in [-0.2, -0.15) is 0 Å². The normalized spacial score (nSPS) is 12.2. The summed E-state index contributed by atoms with van der Waals surface area (Å²) in [7, 11) is 0. The van der Waals surface area contributed by atoms with Crippen LogP contribution in [-0.2, 0) is 0 Å². The van der Waals surface area contributed by atoms with Crippen LogP contribution in [0.3, 0.4) is 0 Å². The second-order valence-corrected chi connectivity index (χ2v) is 5.17. The summed E-state index contributed by atoms with van der Waals surface area (Å²) >= 11 is 5.93. The summed E-state index contributed by atoms with van der Waals surface area (Å²) in [4.78, 5) is 22.2. The fraction of sp³-hybridized carbons (Fsp3) is 0.500. The van der Waals surface area contributed by atoms with Gasteiger partial charge in [0.05, 0.1) is 15.5 Å². The van der Waals surface area contributed by atoms with Crippen LogP contribution in [0.15, 0.2) is 18.2 Å². The van der Waals surface area contributed by atoms with Crippen molar-refractivity contribution in [2.45, 2.75) is 39.7 Å².